The number of hydrogen-bond acceptors (Lipinski definition) is 6. The molecule has 0 aliphatic carbocycles. The first kappa shape index (κ1) is 18.4. The highest BCUT2D eigenvalue weighted by atomic mass is 16.5. The van der Waals surface area contributed by atoms with E-state index in [9.17, 15) is 4.79 Å². The number of carboxylic acid groups (broad SMARTS) is 1. The molecule has 1 aromatic carbocycles. The molecule has 0 amide bonds. The number of carboxylic acids is 1. The van der Waals surface area contributed by atoms with E-state index < -0.39 is 5.97 Å². The number of benzene rings is 1. The van der Waals surface area contributed by atoms with E-state index in [1.807, 2.05) is 4.90 Å². The third-order valence-electron chi connectivity index (χ3n) is 5.82. The molecule has 0 spiro atoms. The summed E-state index contributed by atoms with van der Waals surface area (Å²) in [5.41, 5.74) is 3.20. The average Bonchev–Trinajstić information content (AvgIpc) is 3.10. The molecule has 2 saturated heterocycles. The minimum Gasteiger partial charge on any atom is -0.480 e. The minimum atomic E-state index is -0.756. The van der Waals surface area contributed by atoms with Crippen molar-refractivity contribution in [2.24, 2.45) is 0 Å². The standard InChI is InChI=1S/C20H28N4O3/c25-19(26)14-24-9-4-16(5-10-24)20-17-2-1-15(13-18(17)27-22-20)3-8-23-11-6-21-7-12-23/h1-2,13,16,21H,3-12,14H2,(H,25,26). The van der Waals surface area contributed by atoms with Crippen LogP contribution < -0.4 is 5.32 Å². The summed E-state index contributed by atoms with van der Waals surface area (Å²) in [6.07, 6.45) is 2.89. The van der Waals surface area contributed by atoms with E-state index in [1.165, 1.54) is 5.56 Å². The summed E-state index contributed by atoms with van der Waals surface area (Å²) in [6, 6.07) is 6.48. The van der Waals surface area contributed by atoms with Gasteiger partial charge in [-0.1, -0.05) is 11.2 Å². The summed E-state index contributed by atoms with van der Waals surface area (Å²) in [5.74, 6) is -0.406. The Labute approximate surface area is 159 Å². The van der Waals surface area contributed by atoms with Gasteiger partial charge >= 0.3 is 5.97 Å². The minimum absolute atomic E-state index is 0.128. The molecule has 0 radical (unpaired) electrons. The topological polar surface area (TPSA) is 81.8 Å². The molecule has 1 aromatic heterocycles. The van der Waals surface area contributed by atoms with Crippen LogP contribution in [0.25, 0.3) is 11.0 Å². The van der Waals surface area contributed by atoms with Gasteiger partial charge in [0.25, 0.3) is 0 Å². The van der Waals surface area contributed by atoms with Crippen molar-refractivity contribution < 1.29 is 14.4 Å². The van der Waals surface area contributed by atoms with Crippen molar-refractivity contribution in [3.05, 3.63) is 29.5 Å². The summed E-state index contributed by atoms with van der Waals surface area (Å²) >= 11 is 0. The molecular formula is C20H28N4O3. The monoisotopic (exact) mass is 372 g/mol. The Hall–Kier alpha value is -1.96. The summed E-state index contributed by atoms with van der Waals surface area (Å²) in [5, 5.41) is 17.8. The Balaban J connectivity index is 1.38. The number of aromatic nitrogens is 1. The van der Waals surface area contributed by atoms with Gasteiger partial charge in [-0.2, -0.15) is 0 Å². The highest BCUT2D eigenvalue weighted by molar-refractivity contribution is 5.80. The number of carbonyl (C=O) groups is 1. The third-order valence-corrected chi connectivity index (χ3v) is 5.82. The maximum atomic E-state index is 10.9. The number of hydrogen-bond donors (Lipinski definition) is 2. The lowest BCUT2D eigenvalue weighted by atomic mass is 9.91. The van der Waals surface area contributed by atoms with E-state index in [1.54, 1.807) is 0 Å². The highest BCUT2D eigenvalue weighted by Gasteiger charge is 2.25. The smallest absolute Gasteiger partial charge is 0.317 e. The molecule has 7 heteroatoms. The Kier molecular flexibility index (Phi) is 5.71. The summed E-state index contributed by atoms with van der Waals surface area (Å²) in [7, 11) is 0. The summed E-state index contributed by atoms with van der Waals surface area (Å²) < 4.78 is 5.64. The van der Waals surface area contributed by atoms with Gasteiger partial charge < -0.3 is 19.8 Å². The van der Waals surface area contributed by atoms with Gasteiger partial charge in [-0.25, -0.2) is 0 Å². The number of piperazine rings is 1. The van der Waals surface area contributed by atoms with Crippen molar-refractivity contribution in [1.29, 1.82) is 0 Å². The predicted molar refractivity (Wildman–Crippen MR) is 103 cm³/mol. The molecule has 146 valence electrons. The first-order valence-corrected chi connectivity index (χ1v) is 9.94. The van der Waals surface area contributed by atoms with Gasteiger partial charge in [-0.3, -0.25) is 9.69 Å². The van der Waals surface area contributed by atoms with Crippen molar-refractivity contribution >= 4 is 16.9 Å². The van der Waals surface area contributed by atoms with E-state index in [2.05, 4.69) is 33.6 Å². The van der Waals surface area contributed by atoms with Crippen molar-refractivity contribution in [2.45, 2.75) is 25.2 Å². The van der Waals surface area contributed by atoms with Crippen LogP contribution in [0.4, 0.5) is 0 Å². The number of likely N-dealkylation sites (tertiary alicyclic amines) is 1. The number of piperidine rings is 1. The predicted octanol–water partition coefficient (Wildman–Crippen LogP) is 1.54. The third kappa shape index (κ3) is 4.48. The van der Waals surface area contributed by atoms with Gasteiger partial charge in [0.1, 0.15) is 0 Å². The van der Waals surface area contributed by atoms with Crippen LogP contribution in [-0.4, -0.2) is 78.4 Å². The lowest BCUT2D eigenvalue weighted by Crippen LogP contribution is -2.44. The number of aliphatic carboxylic acids is 1. The maximum absolute atomic E-state index is 10.9. The molecule has 2 N–H and O–H groups in total. The van der Waals surface area contributed by atoms with Crippen LogP contribution in [-0.2, 0) is 11.2 Å². The zero-order valence-electron chi connectivity index (χ0n) is 15.7. The molecule has 2 aliphatic rings. The molecule has 2 aliphatic heterocycles. The fourth-order valence-electron chi connectivity index (χ4n) is 4.23. The number of nitrogens with zero attached hydrogens (tertiary/aromatic N) is 3. The van der Waals surface area contributed by atoms with Crippen molar-refractivity contribution in [2.75, 3.05) is 52.4 Å². The Morgan fingerprint density at radius 3 is 2.70 bits per heavy atom. The second kappa shape index (κ2) is 8.37. The van der Waals surface area contributed by atoms with E-state index in [-0.39, 0.29) is 6.54 Å². The Bertz CT molecular complexity index is 777. The first-order chi connectivity index (χ1) is 13.2. The summed E-state index contributed by atoms with van der Waals surface area (Å²) in [6.45, 7) is 7.21. The Morgan fingerprint density at radius 2 is 1.96 bits per heavy atom. The molecule has 3 heterocycles. The average molecular weight is 372 g/mol. The van der Waals surface area contributed by atoms with Crippen molar-refractivity contribution in [1.82, 2.24) is 20.3 Å². The molecule has 0 saturated carbocycles. The van der Waals surface area contributed by atoms with Crippen LogP contribution in [0, 0.1) is 0 Å². The van der Waals surface area contributed by atoms with E-state index in [0.29, 0.717) is 5.92 Å². The lowest BCUT2D eigenvalue weighted by Gasteiger charge is -2.29. The molecular weight excluding hydrogens is 344 g/mol. The molecule has 2 aromatic rings. The molecule has 0 bridgehead atoms. The molecule has 2 fully saturated rings. The molecule has 4 rings (SSSR count). The van der Waals surface area contributed by atoms with E-state index >= 15 is 0 Å². The normalized spacial score (nSPS) is 20.3. The zero-order chi connectivity index (χ0) is 18.6. The molecule has 7 nitrogen and oxygen atoms in total. The van der Waals surface area contributed by atoms with Gasteiger partial charge in [-0.15, -0.1) is 0 Å². The maximum Gasteiger partial charge on any atom is 0.317 e. The highest BCUT2D eigenvalue weighted by Crippen LogP contribution is 2.32. The number of fused-ring (bicyclic) bond motifs is 1. The lowest BCUT2D eigenvalue weighted by molar-refractivity contribution is -0.138. The Morgan fingerprint density at radius 1 is 1.19 bits per heavy atom. The van der Waals surface area contributed by atoms with Crippen LogP contribution >= 0.6 is 0 Å². The van der Waals surface area contributed by atoms with Crippen LogP contribution in [0.3, 0.4) is 0 Å². The summed E-state index contributed by atoms with van der Waals surface area (Å²) in [4.78, 5) is 15.4. The number of rotatable bonds is 6. The fraction of sp³-hybridized carbons (Fsp3) is 0.600. The largest absolute Gasteiger partial charge is 0.480 e. The van der Waals surface area contributed by atoms with Gasteiger partial charge in [0.2, 0.25) is 0 Å². The van der Waals surface area contributed by atoms with Gasteiger partial charge in [-0.05, 0) is 50.0 Å². The van der Waals surface area contributed by atoms with Crippen LogP contribution in [0.5, 0.6) is 0 Å². The fourth-order valence-corrected chi connectivity index (χ4v) is 4.23. The van der Waals surface area contributed by atoms with E-state index in [0.717, 1.165) is 81.7 Å². The quantitative estimate of drug-likeness (QED) is 0.796. The van der Waals surface area contributed by atoms with Crippen LogP contribution in [0.2, 0.25) is 0 Å². The van der Waals surface area contributed by atoms with Crippen LogP contribution in [0.15, 0.2) is 22.7 Å². The first-order valence-electron chi connectivity index (χ1n) is 9.94. The molecule has 27 heavy (non-hydrogen) atoms. The van der Waals surface area contributed by atoms with Gasteiger partial charge in [0, 0.05) is 44.0 Å². The molecule has 0 atom stereocenters. The van der Waals surface area contributed by atoms with Crippen molar-refractivity contribution in [3.8, 4) is 0 Å². The molecule has 0 unspecified atom stereocenters. The second-order valence-electron chi connectivity index (χ2n) is 7.68. The van der Waals surface area contributed by atoms with Crippen molar-refractivity contribution in [3.63, 3.8) is 0 Å². The zero-order valence-corrected chi connectivity index (χ0v) is 15.7. The van der Waals surface area contributed by atoms with Crippen LogP contribution in [0.1, 0.15) is 30.0 Å². The van der Waals surface area contributed by atoms with Gasteiger partial charge in [0.15, 0.2) is 5.58 Å². The van der Waals surface area contributed by atoms with Gasteiger partial charge in [0.05, 0.1) is 12.2 Å². The van der Waals surface area contributed by atoms with E-state index in [4.69, 9.17) is 9.63 Å². The number of nitrogens with one attached hydrogen (secondary N) is 1. The second-order valence-corrected chi connectivity index (χ2v) is 7.68. The SMILES string of the molecule is O=C(O)CN1CCC(c2noc3cc(CCN4CCNCC4)ccc23)CC1.